The first-order valence-electron chi connectivity index (χ1n) is 3.07. The first-order chi connectivity index (χ1) is 6.00. The van der Waals surface area contributed by atoms with Crippen molar-refractivity contribution in [1.29, 1.82) is 0 Å². The Balaban J connectivity index is 2.54. The van der Waals surface area contributed by atoms with Crippen molar-refractivity contribution in [2.45, 2.75) is 6.18 Å². The SMILES string of the molecule is O=C(OC1=CSNC=C1)C(F)(F)F. The van der Waals surface area contributed by atoms with Crippen LogP contribution in [0.2, 0.25) is 0 Å². The van der Waals surface area contributed by atoms with E-state index >= 15 is 0 Å². The Morgan fingerprint density at radius 1 is 1.54 bits per heavy atom. The van der Waals surface area contributed by atoms with Crippen LogP contribution in [0.25, 0.3) is 0 Å². The summed E-state index contributed by atoms with van der Waals surface area (Å²) < 4.78 is 41.6. The fourth-order valence-electron chi connectivity index (χ4n) is 0.510. The molecule has 0 aromatic rings. The number of rotatable bonds is 1. The molecule has 0 bridgehead atoms. The molecule has 1 rings (SSSR count). The molecule has 0 atom stereocenters. The van der Waals surface area contributed by atoms with Gasteiger partial charge in [-0.05, 0) is 18.0 Å². The van der Waals surface area contributed by atoms with Crippen LogP contribution in [0.5, 0.6) is 0 Å². The highest BCUT2D eigenvalue weighted by molar-refractivity contribution is 8.00. The van der Waals surface area contributed by atoms with E-state index in [0.717, 1.165) is 11.9 Å². The molecule has 0 fully saturated rings. The summed E-state index contributed by atoms with van der Waals surface area (Å²) in [5.74, 6) is -2.35. The number of hydrogen-bond acceptors (Lipinski definition) is 4. The summed E-state index contributed by atoms with van der Waals surface area (Å²) in [4.78, 5) is 10.3. The molecule has 1 heterocycles. The molecule has 0 aliphatic carbocycles. The van der Waals surface area contributed by atoms with E-state index in [1.165, 1.54) is 17.7 Å². The standard InChI is InChI=1S/C6H4F3NO2S/c7-6(8,9)5(11)12-4-1-2-10-13-3-4/h1-3,10H. The maximum absolute atomic E-state index is 11.7. The third kappa shape index (κ3) is 3.02. The van der Waals surface area contributed by atoms with Gasteiger partial charge in [-0.1, -0.05) is 0 Å². The molecule has 0 aromatic heterocycles. The average Bonchev–Trinajstić information content (AvgIpc) is 2.04. The normalized spacial score (nSPS) is 16.1. The molecule has 0 radical (unpaired) electrons. The molecule has 7 heteroatoms. The second kappa shape index (κ2) is 3.73. The molecule has 13 heavy (non-hydrogen) atoms. The Kier molecular flexibility index (Phi) is 2.86. The van der Waals surface area contributed by atoms with Crippen LogP contribution in [-0.4, -0.2) is 12.1 Å². The van der Waals surface area contributed by atoms with E-state index in [9.17, 15) is 18.0 Å². The fraction of sp³-hybridized carbons (Fsp3) is 0.167. The number of allylic oxidation sites excluding steroid dienone is 1. The second-order valence-electron chi connectivity index (χ2n) is 1.98. The minimum Gasteiger partial charge on any atom is -0.419 e. The lowest BCUT2D eigenvalue weighted by molar-refractivity contribution is -0.194. The quantitative estimate of drug-likeness (QED) is 0.529. The molecule has 0 saturated heterocycles. The summed E-state index contributed by atoms with van der Waals surface area (Å²) in [6.45, 7) is 0. The summed E-state index contributed by atoms with van der Waals surface area (Å²) in [6, 6.07) is 0. The van der Waals surface area contributed by atoms with E-state index in [2.05, 4.69) is 9.46 Å². The van der Waals surface area contributed by atoms with Gasteiger partial charge < -0.3 is 9.46 Å². The van der Waals surface area contributed by atoms with Crippen LogP contribution < -0.4 is 4.72 Å². The number of hydrogen-bond donors (Lipinski definition) is 1. The largest absolute Gasteiger partial charge is 0.491 e. The highest BCUT2D eigenvalue weighted by atomic mass is 32.2. The van der Waals surface area contributed by atoms with E-state index in [-0.39, 0.29) is 5.76 Å². The van der Waals surface area contributed by atoms with Gasteiger partial charge in [0.2, 0.25) is 0 Å². The minimum absolute atomic E-state index is 0.133. The van der Waals surface area contributed by atoms with E-state index in [4.69, 9.17) is 0 Å². The van der Waals surface area contributed by atoms with Crippen molar-refractivity contribution in [2.75, 3.05) is 0 Å². The maximum Gasteiger partial charge on any atom is 0.491 e. The van der Waals surface area contributed by atoms with Crippen LogP contribution in [0.15, 0.2) is 23.4 Å². The number of carbonyl (C=O) groups excluding carboxylic acids is 1. The van der Waals surface area contributed by atoms with Crippen molar-refractivity contribution in [3.8, 4) is 0 Å². The number of nitrogens with one attached hydrogen (secondary N) is 1. The Morgan fingerprint density at radius 2 is 2.23 bits per heavy atom. The number of halogens is 3. The maximum atomic E-state index is 11.7. The summed E-state index contributed by atoms with van der Waals surface area (Å²) in [6.07, 6.45) is -2.37. The van der Waals surface area contributed by atoms with Crippen molar-refractivity contribution in [3.63, 3.8) is 0 Å². The molecule has 0 spiro atoms. The van der Waals surface area contributed by atoms with E-state index in [1.807, 2.05) is 0 Å². The van der Waals surface area contributed by atoms with Crippen LogP contribution >= 0.6 is 11.9 Å². The molecule has 0 aromatic carbocycles. The van der Waals surface area contributed by atoms with E-state index < -0.39 is 12.1 Å². The van der Waals surface area contributed by atoms with Crippen molar-refractivity contribution >= 4 is 17.9 Å². The summed E-state index contributed by atoms with van der Waals surface area (Å²) in [5.41, 5.74) is 0. The van der Waals surface area contributed by atoms with Crippen LogP contribution in [0.1, 0.15) is 0 Å². The predicted molar refractivity (Wildman–Crippen MR) is 40.1 cm³/mol. The van der Waals surface area contributed by atoms with Crippen molar-refractivity contribution in [1.82, 2.24) is 4.72 Å². The molecule has 0 saturated carbocycles. The predicted octanol–water partition coefficient (Wildman–Crippen LogP) is 1.70. The minimum atomic E-state index is -4.95. The molecule has 1 aliphatic rings. The summed E-state index contributed by atoms with van der Waals surface area (Å²) in [7, 11) is 0. The van der Waals surface area contributed by atoms with Gasteiger partial charge in [0, 0.05) is 11.6 Å². The summed E-state index contributed by atoms with van der Waals surface area (Å²) in [5, 5.41) is 1.25. The molecule has 1 N–H and O–H groups in total. The summed E-state index contributed by atoms with van der Waals surface area (Å²) >= 11 is 1.01. The molecule has 0 amide bonds. The van der Waals surface area contributed by atoms with E-state index in [0.29, 0.717) is 0 Å². The highest BCUT2D eigenvalue weighted by Crippen LogP contribution is 2.20. The zero-order chi connectivity index (χ0) is 9.90. The van der Waals surface area contributed by atoms with E-state index in [1.54, 1.807) is 0 Å². The molecule has 1 aliphatic heterocycles. The molecule has 72 valence electrons. The van der Waals surface area contributed by atoms with Gasteiger partial charge in [0.05, 0.1) is 0 Å². The topological polar surface area (TPSA) is 38.3 Å². The van der Waals surface area contributed by atoms with Crippen LogP contribution in [-0.2, 0) is 9.53 Å². The molecular formula is C6H4F3NO2S. The number of alkyl halides is 3. The molecular weight excluding hydrogens is 207 g/mol. The smallest absolute Gasteiger partial charge is 0.419 e. The zero-order valence-corrected chi connectivity index (χ0v) is 6.91. The van der Waals surface area contributed by atoms with Gasteiger partial charge in [0.1, 0.15) is 5.76 Å². The first kappa shape index (κ1) is 9.97. The Morgan fingerprint density at radius 3 is 2.69 bits per heavy atom. The number of esters is 1. The van der Waals surface area contributed by atoms with Crippen LogP contribution in [0.3, 0.4) is 0 Å². The number of ether oxygens (including phenoxy) is 1. The second-order valence-corrected chi connectivity index (χ2v) is 2.68. The third-order valence-electron chi connectivity index (χ3n) is 1.00. The average molecular weight is 211 g/mol. The van der Waals surface area contributed by atoms with Gasteiger partial charge in [0.15, 0.2) is 0 Å². The van der Waals surface area contributed by atoms with Crippen LogP contribution in [0, 0.1) is 0 Å². The lowest BCUT2D eigenvalue weighted by Crippen LogP contribution is -2.25. The van der Waals surface area contributed by atoms with Crippen molar-refractivity contribution in [3.05, 3.63) is 23.4 Å². The lowest BCUT2D eigenvalue weighted by Gasteiger charge is -2.09. The van der Waals surface area contributed by atoms with Gasteiger partial charge in [-0.3, -0.25) is 0 Å². The first-order valence-corrected chi connectivity index (χ1v) is 3.95. The third-order valence-corrected chi connectivity index (χ3v) is 1.62. The Bertz CT molecular complexity index is 272. The Labute approximate surface area is 75.8 Å². The van der Waals surface area contributed by atoms with Gasteiger partial charge in [-0.2, -0.15) is 13.2 Å². The van der Waals surface area contributed by atoms with Crippen molar-refractivity contribution < 1.29 is 22.7 Å². The monoisotopic (exact) mass is 211 g/mol. The highest BCUT2D eigenvalue weighted by Gasteiger charge is 2.41. The van der Waals surface area contributed by atoms with Gasteiger partial charge in [-0.15, -0.1) is 0 Å². The Hall–Kier alpha value is -1.11. The van der Waals surface area contributed by atoms with Gasteiger partial charge >= 0.3 is 12.1 Å². The fourth-order valence-corrected chi connectivity index (χ4v) is 0.967. The van der Waals surface area contributed by atoms with Crippen LogP contribution in [0.4, 0.5) is 13.2 Å². The van der Waals surface area contributed by atoms with Gasteiger partial charge in [-0.25, -0.2) is 4.79 Å². The van der Waals surface area contributed by atoms with Crippen molar-refractivity contribution in [2.24, 2.45) is 0 Å². The van der Waals surface area contributed by atoms with Gasteiger partial charge in [0.25, 0.3) is 0 Å². The lowest BCUT2D eigenvalue weighted by atomic mass is 10.5. The number of carbonyl (C=O) groups is 1. The molecule has 0 unspecified atom stereocenters. The molecule has 3 nitrogen and oxygen atoms in total. The zero-order valence-electron chi connectivity index (χ0n) is 6.09.